The maximum Gasteiger partial charge on any atom is 0.262 e. The molecule has 30 heavy (non-hydrogen) atoms. The predicted molar refractivity (Wildman–Crippen MR) is 113 cm³/mol. The highest BCUT2D eigenvalue weighted by Gasteiger charge is 2.21. The van der Waals surface area contributed by atoms with E-state index in [-0.39, 0.29) is 30.0 Å². The molecule has 4 rings (SSSR count). The third-order valence-electron chi connectivity index (χ3n) is 4.49. The van der Waals surface area contributed by atoms with Gasteiger partial charge in [0, 0.05) is 22.7 Å². The van der Waals surface area contributed by atoms with Crippen LogP contribution in [0.15, 0.2) is 30.3 Å². The molecule has 0 atom stereocenters. The molecule has 0 bridgehead atoms. The quantitative estimate of drug-likeness (QED) is 0.566. The number of fused-ring (bicyclic) bond motifs is 2. The minimum atomic E-state index is -0.483. The molecule has 9 heteroatoms. The first kappa shape index (κ1) is 20.3. The molecule has 1 aliphatic heterocycles. The summed E-state index contributed by atoms with van der Waals surface area (Å²) in [6.45, 7) is 2.94. The number of carbonyl (C=O) groups is 2. The summed E-state index contributed by atoms with van der Waals surface area (Å²) < 4.78 is 16.3. The van der Waals surface area contributed by atoms with Gasteiger partial charge in [-0.1, -0.05) is 23.2 Å². The Balaban J connectivity index is 1.57. The molecule has 0 unspecified atom stereocenters. The van der Waals surface area contributed by atoms with Crippen molar-refractivity contribution in [3.8, 4) is 17.2 Å². The summed E-state index contributed by atoms with van der Waals surface area (Å²) in [5.74, 6) is 0.449. The number of Topliss-reactive ketones (excluding diaryl/α,β-unsaturated/α-hetero) is 1. The summed E-state index contributed by atoms with van der Waals surface area (Å²) in [5.41, 5.74) is 1.83. The minimum Gasteiger partial charge on any atom is -0.480 e. The van der Waals surface area contributed by atoms with Gasteiger partial charge >= 0.3 is 0 Å². The van der Waals surface area contributed by atoms with E-state index in [0.717, 1.165) is 5.69 Å². The number of hydrogen-bond donors (Lipinski definition) is 1. The van der Waals surface area contributed by atoms with Crippen molar-refractivity contribution in [2.24, 2.45) is 0 Å². The first-order chi connectivity index (χ1) is 14.3. The van der Waals surface area contributed by atoms with Crippen molar-refractivity contribution in [2.75, 3.05) is 18.7 Å². The van der Waals surface area contributed by atoms with E-state index < -0.39 is 5.91 Å². The van der Waals surface area contributed by atoms with E-state index in [1.807, 2.05) is 19.1 Å². The number of benzene rings is 2. The average Bonchev–Trinajstić information content (AvgIpc) is 3.14. The second-order valence-electron chi connectivity index (χ2n) is 6.66. The van der Waals surface area contributed by atoms with Gasteiger partial charge in [0.2, 0.25) is 6.79 Å². The smallest absolute Gasteiger partial charge is 0.262 e. The minimum absolute atomic E-state index is 0.0573. The van der Waals surface area contributed by atoms with Crippen molar-refractivity contribution in [1.29, 1.82) is 0 Å². The SMILES string of the molecule is CC(=O)c1cc2c(cc1NC(=O)COc1c(Cl)cc(Cl)c3ccc(C)nc13)OCO2. The van der Waals surface area contributed by atoms with Crippen molar-refractivity contribution in [3.05, 3.63) is 51.6 Å². The van der Waals surface area contributed by atoms with Gasteiger partial charge in [-0.05, 0) is 38.1 Å². The molecule has 0 saturated carbocycles. The summed E-state index contributed by atoms with van der Waals surface area (Å²) in [6, 6.07) is 8.27. The number of ketones is 1. The molecule has 0 radical (unpaired) electrons. The number of anilines is 1. The van der Waals surface area contributed by atoms with Crippen molar-refractivity contribution in [3.63, 3.8) is 0 Å². The number of carbonyl (C=O) groups excluding carboxylic acids is 2. The number of aromatic nitrogens is 1. The largest absolute Gasteiger partial charge is 0.480 e. The number of rotatable bonds is 5. The standard InChI is InChI=1S/C21H16Cl2N2O5/c1-10-3-4-12-14(22)6-15(23)21(20(12)24-10)28-8-19(27)25-16-7-18-17(29-9-30-18)5-13(16)11(2)26/h3-7H,8-9H2,1-2H3,(H,25,27). The summed E-state index contributed by atoms with van der Waals surface area (Å²) >= 11 is 12.5. The Morgan fingerprint density at radius 3 is 2.60 bits per heavy atom. The summed E-state index contributed by atoms with van der Waals surface area (Å²) in [7, 11) is 0. The topological polar surface area (TPSA) is 86.8 Å². The number of hydrogen-bond acceptors (Lipinski definition) is 6. The number of nitrogens with one attached hydrogen (secondary N) is 1. The van der Waals surface area contributed by atoms with Gasteiger partial charge in [-0.3, -0.25) is 9.59 Å². The monoisotopic (exact) mass is 446 g/mol. The van der Waals surface area contributed by atoms with Gasteiger partial charge in [0.15, 0.2) is 29.6 Å². The van der Waals surface area contributed by atoms with Crippen LogP contribution in [0.3, 0.4) is 0 Å². The predicted octanol–water partition coefficient (Wildman–Crippen LogP) is 4.80. The molecule has 2 heterocycles. The molecule has 0 spiro atoms. The van der Waals surface area contributed by atoms with E-state index in [0.29, 0.717) is 38.7 Å². The van der Waals surface area contributed by atoms with Crippen LogP contribution in [-0.4, -0.2) is 30.1 Å². The van der Waals surface area contributed by atoms with Crippen LogP contribution in [0, 0.1) is 6.92 Å². The Morgan fingerprint density at radius 2 is 1.87 bits per heavy atom. The van der Waals surface area contributed by atoms with E-state index in [4.69, 9.17) is 37.4 Å². The van der Waals surface area contributed by atoms with E-state index in [1.54, 1.807) is 12.1 Å². The molecule has 0 saturated heterocycles. The average molecular weight is 447 g/mol. The van der Waals surface area contributed by atoms with Crippen molar-refractivity contribution in [2.45, 2.75) is 13.8 Å². The summed E-state index contributed by atoms with van der Waals surface area (Å²) in [5, 5.41) is 4.01. The zero-order chi connectivity index (χ0) is 21.4. The molecule has 7 nitrogen and oxygen atoms in total. The zero-order valence-corrected chi connectivity index (χ0v) is 17.6. The Hall–Kier alpha value is -3.03. The molecule has 154 valence electrons. The van der Waals surface area contributed by atoms with Crippen molar-refractivity contribution >= 4 is 51.5 Å². The zero-order valence-electron chi connectivity index (χ0n) is 16.0. The maximum absolute atomic E-state index is 12.5. The molecular weight excluding hydrogens is 431 g/mol. The third-order valence-corrected chi connectivity index (χ3v) is 5.08. The molecule has 1 N–H and O–H groups in total. The Kier molecular flexibility index (Phi) is 5.40. The number of pyridine rings is 1. The lowest BCUT2D eigenvalue weighted by Crippen LogP contribution is -2.21. The van der Waals surface area contributed by atoms with Gasteiger partial charge in [0.25, 0.3) is 5.91 Å². The number of aryl methyl sites for hydroxylation is 1. The highest BCUT2D eigenvalue weighted by Crippen LogP contribution is 2.38. The van der Waals surface area contributed by atoms with Crippen LogP contribution in [0.2, 0.25) is 10.0 Å². The van der Waals surface area contributed by atoms with Crippen LogP contribution in [0.4, 0.5) is 5.69 Å². The fourth-order valence-electron chi connectivity index (χ4n) is 3.09. The van der Waals surface area contributed by atoms with Crippen molar-refractivity contribution < 1.29 is 23.8 Å². The number of amides is 1. The highest BCUT2D eigenvalue weighted by atomic mass is 35.5. The summed E-state index contributed by atoms with van der Waals surface area (Å²) in [6.07, 6.45) is 0. The lowest BCUT2D eigenvalue weighted by Gasteiger charge is -2.14. The van der Waals surface area contributed by atoms with Crippen LogP contribution in [-0.2, 0) is 4.79 Å². The fourth-order valence-corrected chi connectivity index (χ4v) is 3.66. The van der Waals surface area contributed by atoms with Crippen LogP contribution >= 0.6 is 23.2 Å². The molecule has 0 aliphatic carbocycles. The molecule has 1 aliphatic rings. The number of halogens is 2. The second kappa shape index (κ2) is 8.01. The highest BCUT2D eigenvalue weighted by molar-refractivity contribution is 6.39. The van der Waals surface area contributed by atoms with E-state index in [2.05, 4.69) is 10.3 Å². The van der Waals surface area contributed by atoms with Crippen LogP contribution in [0.25, 0.3) is 10.9 Å². The number of nitrogens with zero attached hydrogens (tertiary/aromatic N) is 1. The Bertz CT molecular complexity index is 1200. The third kappa shape index (κ3) is 3.86. The van der Waals surface area contributed by atoms with Gasteiger partial charge in [0.1, 0.15) is 5.52 Å². The van der Waals surface area contributed by atoms with Gasteiger partial charge in [-0.15, -0.1) is 0 Å². The lowest BCUT2D eigenvalue weighted by atomic mass is 10.1. The van der Waals surface area contributed by atoms with Gasteiger partial charge < -0.3 is 19.5 Å². The molecular formula is C21H16Cl2N2O5. The Labute approximate surface area is 181 Å². The van der Waals surface area contributed by atoms with E-state index in [1.165, 1.54) is 13.0 Å². The molecule has 0 fully saturated rings. The summed E-state index contributed by atoms with van der Waals surface area (Å²) in [4.78, 5) is 28.9. The van der Waals surface area contributed by atoms with Crippen LogP contribution in [0.1, 0.15) is 23.0 Å². The number of ether oxygens (including phenoxy) is 3. The molecule has 2 aromatic carbocycles. The van der Waals surface area contributed by atoms with Gasteiger partial charge in [-0.25, -0.2) is 4.98 Å². The normalized spacial score (nSPS) is 12.1. The van der Waals surface area contributed by atoms with Crippen molar-refractivity contribution in [1.82, 2.24) is 4.98 Å². The van der Waals surface area contributed by atoms with E-state index >= 15 is 0 Å². The maximum atomic E-state index is 12.5. The van der Waals surface area contributed by atoms with Crippen LogP contribution in [0.5, 0.6) is 17.2 Å². The second-order valence-corrected chi connectivity index (χ2v) is 7.48. The van der Waals surface area contributed by atoms with Crippen LogP contribution < -0.4 is 19.5 Å². The molecule has 1 aromatic heterocycles. The van der Waals surface area contributed by atoms with E-state index in [9.17, 15) is 9.59 Å². The molecule has 3 aromatic rings. The Morgan fingerprint density at radius 1 is 1.13 bits per heavy atom. The first-order valence-electron chi connectivity index (χ1n) is 8.96. The first-order valence-corrected chi connectivity index (χ1v) is 9.71. The molecule has 1 amide bonds. The van der Waals surface area contributed by atoms with Gasteiger partial charge in [0.05, 0.1) is 15.7 Å². The lowest BCUT2D eigenvalue weighted by molar-refractivity contribution is -0.118. The fraction of sp³-hybridized carbons (Fsp3) is 0.190. The van der Waals surface area contributed by atoms with Gasteiger partial charge in [-0.2, -0.15) is 0 Å².